The molecular weight excluding hydrogens is 602 g/mol. The average molecular weight is 644 g/mol. The van der Waals surface area contributed by atoms with Gasteiger partial charge in [-0.05, 0) is 51.1 Å². The van der Waals surface area contributed by atoms with Gasteiger partial charge in [0, 0.05) is 32.1 Å². The van der Waals surface area contributed by atoms with Crippen LogP contribution in [0.1, 0.15) is 37.6 Å². The number of imidazole rings is 1. The van der Waals surface area contributed by atoms with E-state index in [1.54, 1.807) is 30.1 Å². The first-order valence-electron chi connectivity index (χ1n) is 14.5. The van der Waals surface area contributed by atoms with E-state index in [1.807, 2.05) is 37.5 Å². The number of nitrogens with one attached hydrogen (secondary N) is 2. The standard InChI is InChI=1S/C30H41N7O7S/c1-30(2,3)44-29(39)36-17-21(18-36)42-12-7-13-43-26-15-20(19-38)14-23(31)27(26)34-10-5-6-11-37-25-9-8-22(45(32,40)41)16-24(25)35-28(37)33-4/h5-6,8-9,14-16,19,21,34H,7,10-13,17-18,31H2,1-4H3,(H,33,35)(H2,32,40,41)/b6-5+. The number of aldehydes is 1. The number of primary sulfonamides is 1. The number of anilines is 3. The Labute approximate surface area is 262 Å². The molecule has 0 atom stereocenters. The number of nitrogens with two attached hydrogens (primary N) is 2. The number of aromatic nitrogens is 2. The second-order valence-electron chi connectivity index (χ2n) is 11.5. The first-order chi connectivity index (χ1) is 21.3. The Morgan fingerprint density at radius 2 is 1.91 bits per heavy atom. The zero-order valence-electron chi connectivity index (χ0n) is 25.9. The van der Waals surface area contributed by atoms with Gasteiger partial charge in [0.25, 0.3) is 0 Å². The first kappa shape index (κ1) is 33.6. The van der Waals surface area contributed by atoms with Gasteiger partial charge in [-0.1, -0.05) is 12.2 Å². The number of hydrogen-bond donors (Lipinski definition) is 4. The molecule has 0 aliphatic carbocycles. The highest BCUT2D eigenvalue weighted by Gasteiger charge is 2.34. The number of carbonyl (C=O) groups is 2. The molecule has 0 unspecified atom stereocenters. The van der Waals surface area contributed by atoms with Crippen molar-refractivity contribution < 1.29 is 32.2 Å². The number of fused-ring (bicyclic) bond motifs is 1. The van der Waals surface area contributed by atoms with Crippen molar-refractivity contribution in [2.75, 3.05) is 56.3 Å². The van der Waals surface area contributed by atoms with E-state index < -0.39 is 15.6 Å². The minimum Gasteiger partial charge on any atom is -0.491 e. The third-order valence-electron chi connectivity index (χ3n) is 6.81. The molecule has 0 spiro atoms. The zero-order valence-corrected chi connectivity index (χ0v) is 26.7. The Balaban J connectivity index is 1.28. The van der Waals surface area contributed by atoms with E-state index in [0.29, 0.717) is 86.3 Å². The molecule has 15 heteroatoms. The SMILES string of the molecule is CNc1nc2cc(S(N)(=O)=O)ccc2n1C/C=C/CNc1c(N)cc(C=O)cc1OCCCOC1CN(C(=O)OC(C)(C)C)C1. The van der Waals surface area contributed by atoms with Crippen molar-refractivity contribution in [2.24, 2.45) is 5.14 Å². The number of benzene rings is 2. The highest BCUT2D eigenvalue weighted by Crippen LogP contribution is 2.32. The average Bonchev–Trinajstić information content (AvgIpc) is 3.29. The number of hydrogen-bond acceptors (Lipinski definition) is 11. The van der Waals surface area contributed by atoms with Gasteiger partial charge in [0.2, 0.25) is 16.0 Å². The summed E-state index contributed by atoms with van der Waals surface area (Å²) in [6.45, 7) is 8.13. The van der Waals surface area contributed by atoms with Crippen LogP contribution in [-0.2, 0) is 26.0 Å². The second-order valence-corrected chi connectivity index (χ2v) is 13.1. The summed E-state index contributed by atoms with van der Waals surface area (Å²) in [6.07, 6.45) is 4.77. The first-order valence-corrected chi connectivity index (χ1v) is 16.0. The molecule has 1 aromatic heterocycles. The maximum Gasteiger partial charge on any atom is 0.410 e. The Morgan fingerprint density at radius 1 is 1.16 bits per heavy atom. The fourth-order valence-electron chi connectivity index (χ4n) is 4.63. The van der Waals surface area contributed by atoms with Crippen LogP contribution >= 0.6 is 0 Å². The molecule has 1 aliphatic heterocycles. The maximum atomic E-state index is 12.1. The van der Waals surface area contributed by atoms with Crippen molar-refractivity contribution >= 4 is 50.8 Å². The van der Waals surface area contributed by atoms with E-state index in [9.17, 15) is 18.0 Å². The predicted molar refractivity (Wildman–Crippen MR) is 172 cm³/mol. The van der Waals surface area contributed by atoms with Crippen molar-refractivity contribution in [3.8, 4) is 5.75 Å². The summed E-state index contributed by atoms with van der Waals surface area (Å²) < 4.78 is 42.5. The van der Waals surface area contributed by atoms with Crippen LogP contribution in [0, 0.1) is 0 Å². The van der Waals surface area contributed by atoms with Gasteiger partial charge in [0.15, 0.2) is 0 Å². The van der Waals surface area contributed by atoms with E-state index in [1.165, 1.54) is 12.1 Å². The summed E-state index contributed by atoms with van der Waals surface area (Å²) in [5.41, 5.74) is 8.29. The largest absolute Gasteiger partial charge is 0.491 e. The molecule has 2 heterocycles. The third-order valence-corrected chi connectivity index (χ3v) is 7.72. The van der Waals surface area contributed by atoms with Crippen LogP contribution in [-0.4, -0.2) is 86.8 Å². The highest BCUT2D eigenvalue weighted by atomic mass is 32.2. The number of allylic oxidation sites excluding steroid dienone is 1. The molecular formula is C30H41N7O7S. The topological polar surface area (TPSA) is 193 Å². The van der Waals surface area contributed by atoms with Gasteiger partial charge in [-0.15, -0.1) is 0 Å². The van der Waals surface area contributed by atoms with Gasteiger partial charge in [0.1, 0.15) is 23.3 Å². The molecule has 1 aliphatic rings. The molecule has 1 saturated heterocycles. The van der Waals surface area contributed by atoms with Crippen molar-refractivity contribution in [2.45, 2.75) is 50.3 Å². The molecule has 4 rings (SSSR count). The minimum atomic E-state index is -3.84. The molecule has 0 radical (unpaired) electrons. The third kappa shape index (κ3) is 8.86. The molecule has 0 saturated carbocycles. The van der Waals surface area contributed by atoms with Crippen LogP contribution in [0.15, 0.2) is 47.4 Å². The van der Waals surface area contributed by atoms with E-state index in [4.69, 9.17) is 25.1 Å². The van der Waals surface area contributed by atoms with Crippen LogP contribution < -0.4 is 26.2 Å². The lowest BCUT2D eigenvalue weighted by Crippen LogP contribution is -2.56. The minimum absolute atomic E-state index is 0.00391. The predicted octanol–water partition coefficient (Wildman–Crippen LogP) is 3.19. The number of likely N-dealkylation sites (tertiary alicyclic amines) is 1. The van der Waals surface area contributed by atoms with E-state index >= 15 is 0 Å². The molecule has 0 bridgehead atoms. The van der Waals surface area contributed by atoms with Gasteiger partial charge in [-0.3, -0.25) is 4.79 Å². The Kier molecular flexibility index (Phi) is 10.6. The van der Waals surface area contributed by atoms with Crippen LogP contribution in [0.3, 0.4) is 0 Å². The molecule has 1 fully saturated rings. The normalized spacial score (nSPS) is 14.0. The molecule has 2 aromatic carbocycles. The summed E-state index contributed by atoms with van der Waals surface area (Å²) in [5, 5.41) is 11.5. The monoisotopic (exact) mass is 643 g/mol. The lowest BCUT2D eigenvalue weighted by Gasteiger charge is -2.39. The lowest BCUT2D eigenvalue weighted by molar-refractivity contribution is -0.0647. The molecule has 3 aromatic rings. The summed E-state index contributed by atoms with van der Waals surface area (Å²) in [6, 6.07) is 7.78. The molecule has 6 N–H and O–H groups in total. The fraction of sp³-hybridized carbons (Fsp3) is 0.433. The lowest BCUT2D eigenvalue weighted by atomic mass is 10.1. The number of rotatable bonds is 14. The maximum absolute atomic E-state index is 12.1. The Bertz CT molecular complexity index is 1660. The molecule has 1 amide bonds. The van der Waals surface area contributed by atoms with Gasteiger partial charge in [0.05, 0.1) is 54.0 Å². The number of sulfonamides is 1. The Morgan fingerprint density at radius 3 is 2.58 bits per heavy atom. The molecule has 45 heavy (non-hydrogen) atoms. The Hall–Kier alpha value is -4.34. The van der Waals surface area contributed by atoms with Gasteiger partial charge in [-0.2, -0.15) is 0 Å². The van der Waals surface area contributed by atoms with Crippen LogP contribution in [0.5, 0.6) is 5.75 Å². The van der Waals surface area contributed by atoms with Crippen LogP contribution in [0.2, 0.25) is 0 Å². The number of amides is 1. The van der Waals surface area contributed by atoms with Crippen molar-refractivity contribution in [1.29, 1.82) is 0 Å². The quantitative estimate of drug-likeness (QED) is 0.0872. The summed E-state index contributed by atoms with van der Waals surface area (Å²) in [5.74, 6) is 1.02. The van der Waals surface area contributed by atoms with E-state index in [0.717, 1.165) is 5.52 Å². The number of carbonyl (C=O) groups excluding carboxylic acids is 2. The van der Waals surface area contributed by atoms with E-state index in [-0.39, 0.29) is 17.1 Å². The summed E-state index contributed by atoms with van der Waals surface area (Å²) in [7, 11) is -2.11. The molecule has 244 valence electrons. The number of ether oxygens (including phenoxy) is 3. The van der Waals surface area contributed by atoms with Crippen molar-refractivity contribution in [3.63, 3.8) is 0 Å². The van der Waals surface area contributed by atoms with Crippen molar-refractivity contribution in [3.05, 3.63) is 48.0 Å². The van der Waals surface area contributed by atoms with E-state index in [2.05, 4.69) is 15.6 Å². The van der Waals surface area contributed by atoms with Crippen LogP contribution in [0.25, 0.3) is 11.0 Å². The van der Waals surface area contributed by atoms with Crippen LogP contribution in [0.4, 0.5) is 22.1 Å². The van der Waals surface area contributed by atoms with Crippen molar-refractivity contribution in [1.82, 2.24) is 14.5 Å². The zero-order chi connectivity index (χ0) is 32.8. The summed E-state index contributed by atoms with van der Waals surface area (Å²) in [4.78, 5) is 29.6. The fourth-order valence-corrected chi connectivity index (χ4v) is 5.16. The number of nitrogens with zero attached hydrogens (tertiary/aromatic N) is 3. The van der Waals surface area contributed by atoms with Gasteiger partial charge in [-0.25, -0.2) is 23.3 Å². The van der Waals surface area contributed by atoms with Gasteiger partial charge >= 0.3 is 6.09 Å². The number of nitrogen functional groups attached to an aromatic ring is 1. The summed E-state index contributed by atoms with van der Waals surface area (Å²) >= 11 is 0. The highest BCUT2D eigenvalue weighted by molar-refractivity contribution is 7.89. The van der Waals surface area contributed by atoms with Gasteiger partial charge < -0.3 is 40.0 Å². The second kappa shape index (κ2) is 14.2. The molecule has 14 nitrogen and oxygen atoms in total. The smallest absolute Gasteiger partial charge is 0.410 e.